The van der Waals surface area contributed by atoms with Gasteiger partial charge in [-0.15, -0.1) is 0 Å². The minimum atomic E-state index is -4.19. The third-order valence-electron chi connectivity index (χ3n) is 3.24. The second-order valence-electron chi connectivity index (χ2n) is 4.70. The average molecular weight is 236 g/mol. The molecule has 1 aliphatic carbocycles. The van der Waals surface area contributed by atoms with E-state index in [9.17, 15) is 18.0 Å². The van der Waals surface area contributed by atoms with Crippen LogP contribution < -0.4 is 0 Å². The molecular formula is C12H19F3O. The van der Waals surface area contributed by atoms with Gasteiger partial charge in [0.2, 0.25) is 0 Å². The highest BCUT2D eigenvalue weighted by Gasteiger charge is 2.27. The van der Waals surface area contributed by atoms with E-state index in [1.54, 1.807) is 0 Å². The zero-order valence-electron chi connectivity index (χ0n) is 9.48. The minimum Gasteiger partial charge on any atom is -0.300 e. The second-order valence-corrected chi connectivity index (χ2v) is 4.70. The highest BCUT2D eigenvalue weighted by atomic mass is 19.4. The van der Waals surface area contributed by atoms with Gasteiger partial charge < -0.3 is 0 Å². The topological polar surface area (TPSA) is 17.1 Å². The number of alkyl halides is 3. The van der Waals surface area contributed by atoms with Crippen molar-refractivity contribution in [2.75, 3.05) is 0 Å². The van der Waals surface area contributed by atoms with Gasteiger partial charge in [-0.1, -0.05) is 32.1 Å². The Morgan fingerprint density at radius 2 is 1.69 bits per heavy atom. The SMILES string of the molecule is O=C(CCC1CCCCC1)CCC(F)(F)F. The van der Waals surface area contributed by atoms with Crippen LogP contribution in [0.1, 0.15) is 57.8 Å². The van der Waals surface area contributed by atoms with E-state index in [1.807, 2.05) is 0 Å². The highest BCUT2D eigenvalue weighted by molar-refractivity contribution is 5.78. The van der Waals surface area contributed by atoms with Crippen LogP contribution in [-0.4, -0.2) is 12.0 Å². The van der Waals surface area contributed by atoms with Gasteiger partial charge in [0.05, 0.1) is 6.42 Å². The molecule has 0 aromatic heterocycles. The van der Waals surface area contributed by atoms with E-state index in [4.69, 9.17) is 0 Å². The van der Waals surface area contributed by atoms with Crippen molar-refractivity contribution in [1.82, 2.24) is 0 Å². The smallest absolute Gasteiger partial charge is 0.300 e. The number of halogens is 3. The molecule has 0 radical (unpaired) electrons. The van der Waals surface area contributed by atoms with Gasteiger partial charge >= 0.3 is 6.18 Å². The first kappa shape index (κ1) is 13.5. The number of ketones is 1. The maximum atomic E-state index is 11.9. The van der Waals surface area contributed by atoms with Crippen LogP contribution in [0, 0.1) is 5.92 Å². The molecule has 0 heterocycles. The Balaban J connectivity index is 2.09. The third-order valence-corrected chi connectivity index (χ3v) is 3.24. The Bertz CT molecular complexity index is 217. The molecule has 0 atom stereocenters. The molecule has 0 aromatic carbocycles. The summed E-state index contributed by atoms with van der Waals surface area (Å²) >= 11 is 0. The van der Waals surface area contributed by atoms with E-state index in [1.165, 1.54) is 19.3 Å². The van der Waals surface area contributed by atoms with E-state index in [-0.39, 0.29) is 12.2 Å². The molecule has 1 fully saturated rings. The van der Waals surface area contributed by atoms with E-state index < -0.39 is 12.6 Å². The van der Waals surface area contributed by atoms with Crippen LogP contribution in [-0.2, 0) is 4.79 Å². The molecule has 1 aliphatic rings. The quantitative estimate of drug-likeness (QED) is 0.697. The molecule has 0 bridgehead atoms. The Morgan fingerprint density at radius 3 is 2.25 bits per heavy atom. The van der Waals surface area contributed by atoms with E-state index in [0.717, 1.165) is 19.3 Å². The summed E-state index contributed by atoms with van der Waals surface area (Å²) < 4.78 is 35.6. The Labute approximate surface area is 94.4 Å². The standard InChI is InChI=1S/C12H19F3O/c13-12(14,15)9-8-11(16)7-6-10-4-2-1-3-5-10/h10H,1-9H2. The van der Waals surface area contributed by atoms with E-state index >= 15 is 0 Å². The maximum absolute atomic E-state index is 11.9. The number of hydrogen-bond acceptors (Lipinski definition) is 1. The number of carbonyl (C=O) groups is 1. The van der Waals surface area contributed by atoms with Crippen LogP contribution in [0.3, 0.4) is 0 Å². The van der Waals surface area contributed by atoms with Crippen LogP contribution >= 0.6 is 0 Å². The van der Waals surface area contributed by atoms with Gasteiger partial charge in [-0.2, -0.15) is 13.2 Å². The lowest BCUT2D eigenvalue weighted by Gasteiger charge is -2.20. The summed E-state index contributed by atoms with van der Waals surface area (Å²) in [6.07, 6.45) is 1.60. The fourth-order valence-corrected chi connectivity index (χ4v) is 2.25. The van der Waals surface area contributed by atoms with Crippen molar-refractivity contribution in [3.8, 4) is 0 Å². The molecule has 0 aliphatic heterocycles. The first-order chi connectivity index (χ1) is 7.47. The minimum absolute atomic E-state index is 0.233. The molecule has 1 rings (SSSR count). The molecule has 0 amide bonds. The predicted molar refractivity (Wildman–Crippen MR) is 56.1 cm³/mol. The molecule has 94 valence electrons. The Morgan fingerprint density at radius 1 is 1.06 bits per heavy atom. The number of rotatable bonds is 5. The highest BCUT2D eigenvalue weighted by Crippen LogP contribution is 2.28. The summed E-state index contributed by atoms with van der Waals surface area (Å²) in [7, 11) is 0. The van der Waals surface area contributed by atoms with Crippen molar-refractivity contribution in [3.05, 3.63) is 0 Å². The summed E-state index contributed by atoms with van der Waals surface area (Å²) in [5.74, 6) is 0.339. The van der Waals surface area contributed by atoms with Gasteiger partial charge in [0.15, 0.2) is 0 Å². The Hall–Kier alpha value is -0.540. The fourth-order valence-electron chi connectivity index (χ4n) is 2.25. The molecule has 1 nitrogen and oxygen atoms in total. The van der Waals surface area contributed by atoms with Crippen molar-refractivity contribution in [3.63, 3.8) is 0 Å². The second kappa shape index (κ2) is 6.26. The van der Waals surface area contributed by atoms with Crippen molar-refractivity contribution in [2.45, 2.75) is 64.0 Å². The van der Waals surface area contributed by atoms with Gasteiger partial charge in [-0.3, -0.25) is 4.79 Å². The molecule has 0 unspecified atom stereocenters. The first-order valence-electron chi connectivity index (χ1n) is 6.06. The van der Waals surface area contributed by atoms with Crippen LogP contribution in [0.4, 0.5) is 13.2 Å². The van der Waals surface area contributed by atoms with Gasteiger partial charge in [-0.05, 0) is 12.3 Å². The molecule has 1 saturated carbocycles. The lowest BCUT2D eigenvalue weighted by atomic mass is 9.85. The monoisotopic (exact) mass is 236 g/mol. The first-order valence-corrected chi connectivity index (χ1v) is 6.06. The Kier molecular flexibility index (Phi) is 5.29. The van der Waals surface area contributed by atoms with Gasteiger partial charge in [-0.25, -0.2) is 0 Å². The number of Topliss-reactive ketones (excluding diaryl/α,β-unsaturated/α-hetero) is 1. The van der Waals surface area contributed by atoms with E-state index in [2.05, 4.69) is 0 Å². The predicted octanol–water partition coefficient (Wildman–Crippen LogP) is 4.26. The van der Waals surface area contributed by atoms with Crippen molar-refractivity contribution >= 4 is 5.78 Å². The van der Waals surface area contributed by atoms with Crippen molar-refractivity contribution < 1.29 is 18.0 Å². The molecular weight excluding hydrogens is 217 g/mol. The largest absolute Gasteiger partial charge is 0.389 e. The molecule has 0 aromatic rings. The summed E-state index contributed by atoms with van der Waals surface area (Å²) in [6, 6.07) is 0. The third kappa shape index (κ3) is 6.13. The summed E-state index contributed by atoms with van der Waals surface area (Å²) in [6.45, 7) is 0. The van der Waals surface area contributed by atoms with Gasteiger partial charge in [0, 0.05) is 12.8 Å². The van der Waals surface area contributed by atoms with Crippen LogP contribution in [0.5, 0.6) is 0 Å². The molecule has 4 heteroatoms. The number of carbonyl (C=O) groups excluding carboxylic acids is 1. The summed E-state index contributed by atoms with van der Waals surface area (Å²) in [4.78, 5) is 11.2. The van der Waals surface area contributed by atoms with E-state index in [0.29, 0.717) is 12.3 Å². The fraction of sp³-hybridized carbons (Fsp3) is 0.917. The average Bonchev–Trinajstić information content (AvgIpc) is 2.24. The molecule has 0 spiro atoms. The van der Waals surface area contributed by atoms with Crippen molar-refractivity contribution in [1.29, 1.82) is 0 Å². The number of hydrogen-bond donors (Lipinski definition) is 0. The normalized spacial score (nSPS) is 18.7. The summed E-state index contributed by atoms with van der Waals surface area (Å²) in [5, 5.41) is 0. The van der Waals surface area contributed by atoms with Crippen LogP contribution in [0.15, 0.2) is 0 Å². The van der Waals surface area contributed by atoms with Crippen LogP contribution in [0.2, 0.25) is 0 Å². The lowest BCUT2D eigenvalue weighted by Crippen LogP contribution is -2.12. The summed E-state index contributed by atoms with van der Waals surface area (Å²) in [5.41, 5.74) is 0. The van der Waals surface area contributed by atoms with Crippen molar-refractivity contribution in [2.24, 2.45) is 5.92 Å². The maximum Gasteiger partial charge on any atom is 0.389 e. The van der Waals surface area contributed by atoms with Gasteiger partial charge in [0.1, 0.15) is 5.78 Å². The molecule has 16 heavy (non-hydrogen) atoms. The zero-order valence-corrected chi connectivity index (χ0v) is 9.48. The zero-order chi connectivity index (χ0) is 12.0. The van der Waals surface area contributed by atoms with Gasteiger partial charge in [0.25, 0.3) is 0 Å². The molecule has 0 saturated heterocycles. The molecule has 0 N–H and O–H groups in total. The lowest BCUT2D eigenvalue weighted by molar-refractivity contribution is -0.143. The van der Waals surface area contributed by atoms with Crippen LogP contribution in [0.25, 0.3) is 0 Å².